The van der Waals surface area contributed by atoms with Crippen LogP contribution in [0.15, 0.2) is 29.3 Å². The molecule has 9 heteroatoms. The van der Waals surface area contributed by atoms with E-state index in [1.54, 1.807) is 0 Å². The molecule has 2 N–H and O–H groups in total. The zero-order valence-electron chi connectivity index (χ0n) is 16.7. The van der Waals surface area contributed by atoms with Gasteiger partial charge in [0.15, 0.2) is 5.96 Å². The number of hydrogen-bond donors (Lipinski definition) is 2. The molecule has 0 aliphatic carbocycles. The molecule has 0 aromatic heterocycles. The van der Waals surface area contributed by atoms with Crippen molar-refractivity contribution >= 4 is 40.0 Å². The molecule has 0 radical (unpaired) electrons. The maximum atomic E-state index is 12.2. The number of halogens is 1. The minimum Gasteiger partial charge on any atom is -0.494 e. The van der Waals surface area contributed by atoms with E-state index < -0.39 is 10.0 Å². The van der Waals surface area contributed by atoms with Crippen molar-refractivity contribution in [3.05, 3.63) is 29.8 Å². The highest BCUT2D eigenvalue weighted by atomic mass is 127. The summed E-state index contributed by atoms with van der Waals surface area (Å²) in [6, 6.07) is 7.78. The summed E-state index contributed by atoms with van der Waals surface area (Å²) >= 11 is 0. The van der Waals surface area contributed by atoms with E-state index in [1.807, 2.05) is 52.0 Å². The van der Waals surface area contributed by atoms with Crippen molar-refractivity contribution in [2.45, 2.75) is 34.2 Å². The van der Waals surface area contributed by atoms with Crippen LogP contribution >= 0.6 is 24.0 Å². The number of hydrogen-bond acceptors (Lipinski definition) is 4. The fourth-order valence-corrected chi connectivity index (χ4v) is 3.89. The highest BCUT2D eigenvalue weighted by Crippen LogP contribution is 2.18. The van der Waals surface area contributed by atoms with Gasteiger partial charge in [0.25, 0.3) is 0 Å². The normalized spacial score (nSPS) is 11.8. The summed E-state index contributed by atoms with van der Waals surface area (Å²) in [5.74, 6) is 1.45. The Bertz CT molecular complexity index is 664. The average Bonchev–Trinajstić information content (AvgIpc) is 2.61. The average molecular weight is 512 g/mol. The summed E-state index contributed by atoms with van der Waals surface area (Å²) in [6.45, 7) is 10.6. The molecular weight excluding hydrogens is 479 g/mol. The van der Waals surface area contributed by atoms with Crippen LogP contribution in [0.25, 0.3) is 0 Å². The summed E-state index contributed by atoms with van der Waals surface area (Å²) in [4.78, 5) is 4.54. The molecule has 0 bridgehead atoms. The maximum absolute atomic E-state index is 12.2. The number of nitrogens with one attached hydrogen (secondary N) is 2. The molecular formula is C18H33IN4O3S. The fourth-order valence-electron chi connectivity index (χ4n) is 2.48. The van der Waals surface area contributed by atoms with Crippen LogP contribution in [0.2, 0.25) is 0 Å². The molecule has 0 amide bonds. The van der Waals surface area contributed by atoms with Gasteiger partial charge >= 0.3 is 0 Å². The van der Waals surface area contributed by atoms with E-state index in [2.05, 4.69) is 15.6 Å². The molecule has 0 saturated carbocycles. The number of ether oxygens (including phenoxy) is 1. The van der Waals surface area contributed by atoms with Crippen LogP contribution in [0.4, 0.5) is 0 Å². The van der Waals surface area contributed by atoms with Crippen molar-refractivity contribution in [1.82, 2.24) is 14.9 Å². The Labute approximate surface area is 181 Å². The summed E-state index contributed by atoms with van der Waals surface area (Å²) < 4.78 is 31.6. The number of rotatable bonds is 11. The highest BCUT2D eigenvalue weighted by Gasteiger charge is 2.18. The second-order valence-corrected chi connectivity index (χ2v) is 7.65. The molecule has 0 atom stereocenters. The Kier molecular flexibility index (Phi) is 13.4. The van der Waals surface area contributed by atoms with Crippen LogP contribution in [-0.2, 0) is 16.6 Å². The van der Waals surface area contributed by atoms with Gasteiger partial charge in [0.1, 0.15) is 5.75 Å². The monoisotopic (exact) mass is 512 g/mol. The molecule has 1 rings (SSSR count). The van der Waals surface area contributed by atoms with Gasteiger partial charge in [-0.1, -0.05) is 32.0 Å². The molecule has 0 spiro atoms. The van der Waals surface area contributed by atoms with Crippen molar-refractivity contribution in [2.24, 2.45) is 4.99 Å². The van der Waals surface area contributed by atoms with Gasteiger partial charge < -0.3 is 15.4 Å². The second-order valence-electron chi connectivity index (χ2n) is 5.56. The van der Waals surface area contributed by atoms with Crippen molar-refractivity contribution in [1.29, 1.82) is 0 Å². The third-order valence-electron chi connectivity index (χ3n) is 3.78. The van der Waals surface area contributed by atoms with Crippen LogP contribution < -0.4 is 15.4 Å². The van der Waals surface area contributed by atoms with Crippen molar-refractivity contribution in [3.63, 3.8) is 0 Å². The van der Waals surface area contributed by atoms with Gasteiger partial charge in [-0.05, 0) is 19.9 Å². The van der Waals surface area contributed by atoms with Crippen LogP contribution in [-0.4, -0.2) is 57.2 Å². The molecule has 0 saturated heterocycles. The van der Waals surface area contributed by atoms with Gasteiger partial charge in [0, 0.05) is 31.7 Å². The van der Waals surface area contributed by atoms with Crippen molar-refractivity contribution in [3.8, 4) is 5.75 Å². The quantitative estimate of drug-likeness (QED) is 0.271. The minimum absolute atomic E-state index is 0. The highest BCUT2D eigenvalue weighted by molar-refractivity contribution is 14.0. The van der Waals surface area contributed by atoms with E-state index in [-0.39, 0.29) is 29.7 Å². The molecule has 0 aliphatic heterocycles. The third-order valence-corrected chi connectivity index (χ3v) is 5.80. The summed E-state index contributed by atoms with van der Waals surface area (Å²) in [5.41, 5.74) is 0.988. The van der Waals surface area contributed by atoms with E-state index in [0.29, 0.717) is 45.3 Å². The summed E-state index contributed by atoms with van der Waals surface area (Å²) in [7, 11) is -3.25. The molecule has 1 aromatic carbocycles. The lowest BCUT2D eigenvalue weighted by Gasteiger charge is -2.19. The maximum Gasteiger partial charge on any atom is 0.215 e. The Morgan fingerprint density at radius 2 is 1.78 bits per heavy atom. The predicted octanol–water partition coefficient (Wildman–Crippen LogP) is 2.43. The Morgan fingerprint density at radius 3 is 2.37 bits per heavy atom. The number of nitrogens with zero attached hydrogens (tertiary/aromatic N) is 2. The van der Waals surface area contributed by atoms with Crippen LogP contribution in [0, 0.1) is 0 Å². The standard InChI is InChI=1S/C18H32N4O3S.HI/c1-5-19-18(20-13-14-26(23,24)22(6-2)7-3)21-15-16-11-9-10-12-17(16)25-8-4;/h9-12H,5-8,13-15H2,1-4H3,(H2,19,20,21);1H. The van der Waals surface area contributed by atoms with Crippen LogP contribution in [0.1, 0.15) is 33.3 Å². The Balaban J connectivity index is 0.00000676. The number of guanidine groups is 1. The van der Waals surface area contributed by atoms with Crippen molar-refractivity contribution in [2.75, 3.05) is 38.5 Å². The van der Waals surface area contributed by atoms with Crippen LogP contribution in [0.5, 0.6) is 5.75 Å². The van der Waals surface area contributed by atoms with Gasteiger partial charge in [-0.15, -0.1) is 24.0 Å². The molecule has 7 nitrogen and oxygen atoms in total. The first kappa shape index (κ1) is 25.9. The minimum atomic E-state index is -3.25. The van der Waals surface area contributed by atoms with Gasteiger partial charge in [-0.25, -0.2) is 17.7 Å². The van der Waals surface area contributed by atoms with Crippen molar-refractivity contribution < 1.29 is 13.2 Å². The van der Waals surface area contributed by atoms with E-state index in [0.717, 1.165) is 11.3 Å². The Hall–Kier alpha value is -1.07. The number of sulfonamides is 1. The lowest BCUT2D eigenvalue weighted by Crippen LogP contribution is -2.42. The first-order valence-electron chi connectivity index (χ1n) is 9.19. The molecule has 27 heavy (non-hydrogen) atoms. The first-order chi connectivity index (χ1) is 12.5. The number of aliphatic imine (C=N–C) groups is 1. The number of benzene rings is 1. The van der Waals surface area contributed by atoms with E-state index >= 15 is 0 Å². The topological polar surface area (TPSA) is 83.0 Å². The molecule has 0 fully saturated rings. The predicted molar refractivity (Wildman–Crippen MR) is 123 cm³/mol. The largest absolute Gasteiger partial charge is 0.494 e. The van der Waals surface area contributed by atoms with Gasteiger partial charge in [0.05, 0.1) is 18.9 Å². The third kappa shape index (κ3) is 9.11. The van der Waals surface area contributed by atoms with E-state index in [9.17, 15) is 8.42 Å². The number of para-hydroxylation sites is 1. The zero-order valence-corrected chi connectivity index (χ0v) is 19.8. The summed E-state index contributed by atoms with van der Waals surface area (Å²) in [5, 5.41) is 6.23. The molecule has 0 aliphatic rings. The van der Waals surface area contributed by atoms with E-state index in [1.165, 1.54) is 4.31 Å². The SMILES string of the molecule is CCNC(=NCc1ccccc1OCC)NCCS(=O)(=O)N(CC)CC.I. The summed E-state index contributed by atoms with van der Waals surface area (Å²) in [6.07, 6.45) is 0. The van der Waals surface area contributed by atoms with E-state index in [4.69, 9.17) is 4.74 Å². The zero-order chi connectivity index (χ0) is 19.4. The molecule has 156 valence electrons. The molecule has 1 aromatic rings. The Morgan fingerprint density at radius 1 is 1.11 bits per heavy atom. The second kappa shape index (κ2) is 14.0. The lowest BCUT2D eigenvalue weighted by atomic mass is 10.2. The lowest BCUT2D eigenvalue weighted by molar-refractivity contribution is 0.336. The van der Waals surface area contributed by atoms with Crippen LogP contribution in [0.3, 0.4) is 0 Å². The van der Waals surface area contributed by atoms with Gasteiger partial charge in [-0.3, -0.25) is 0 Å². The van der Waals surface area contributed by atoms with Gasteiger partial charge in [-0.2, -0.15) is 0 Å². The smallest absolute Gasteiger partial charge is 0.215 e. The first-order valence-corrected chi connectivity index (χ1v) is 10.8. The molecule has 0 unspecified atom stereocenters. The van der Waals surface area contributed by atoms with Gasteiger partial charge in [0.2, 0.25) is 10.0 Å². The molecule has 0 heterocycles. The fraction of sp³-hybridized carbons (Fsp3) is 0.611.